The molecule has 0 spiro atoms. The van der Waals surface area contributed by atoms with Gasteiger partial charge in [-0.3, -0.25) is 4.99 Å². The molecule has 267 valence electrons. The molecule has 0 aliphatic heterocycles. The molecule has 9 rings (SSSR count). The Bertz CT molecular complexity index is 2010. The molecule has 0 heterocycles. The molecule has 0 atom stereocenters. The van der Waals surface area contributed by atoms with Crippen molar-refractivity contribution in [2.45, 2.75) is 63.2 Å². The van der Waals surface area contributed by atoms with Gasteiger partial charge in [-0.1, -0.05) is 98.8 Å². The third-order valence-corrected chi connectivity index (χ3v) is 11.8. The van der Waals surface area contributed by atoms with Gasteiger partial charge in [-0.25, -0.2) is 0 Å². The van der Waals surface area contributed by atoms with Gasteiger partial charge >= 0.3 is 42.6 Å². The molecule has 5 aromatic rings. The first-order valence-corrected chi connectivity index (χ1v) is 24.6. The van der Waals surface area contributed by atoms with Gasteiger partial charge in [-0.15, -0.1) is 0 Å². The van der Waals surface area contributed by atoms with Crippen molar-refractivity contribution in [1.82, 2.24) is 0 Å². The first-order valence-electron chi connectivity index (χ1n) is 18.2. The number of nitrogens with zero attached hydrogens (tertiary/aromatic N) is 1. The van der Waals surface area contributed by atoms with Crippen molar-refractivity contribution >= 4 is 39.8 Å². The van der Waals surface area contributed by atoms with Crippen LogP contribution in [0.25, 0.3) is 22.3 Å². The Morgan fingerprint density at radius 2 is 1.29 bits per heavy atom. The number of phenols is 1. The van der Waals surface area contributed by atoms with E-state index in [0.717, 1.165) is 57.0 Å². The van der Waals surface area contributed by atoms with Crippen LogP contribution in [0, 0.1) is 17.8 Å². The molecule has 0 amide bonds. The molecule has 4 saturated carbocycles. The van der Waals surface area contributed by atoms with Gasteiger partial charge in [0.2, 0.25) is 0 Å². The van der Waals surface area contributed by atoms with Gasteiger partial charge in [0.05, 0.1) is 12.8 Å². The zero-order valence-electron chi connectivity index (χ0n) is 30.0. The number of aromatic hydroxyl groups is 1. The monoisotopic (exact) mass is 784 g/mol. The van der Waals surface area contributed by atoms with Gasteiger partial charge in [-0.2, -0.15) is 0 Å². The van der Waals surface area contributed by atoms with E-state index in [1.807, 2.05) is 12.3 Å². The Balaban J connectivity index is 0.00000100. The van der Waals surface area contributed by atoms with Crippen LogP contribution in [0.5, 0.6) is 11.5 Å². The number of ether oxygens (including phenoxy) is 1. The van der Waals surface area contributed by atoms with E-state index in [2.05, 4.69) is 123 Å². The molecule has 1 N–H and O–H groups in total. The average Bonchev–Trinajstić information content (AvgIpc) is 3.14. The van der Waals surface area contributed by atoms with Crippen LogP contribution in [-0.2, 0) is 25.5 Å². The predicted molar refractivity (Wildman–Crippen MR) is 215 cm³/mol. The number of rotatable bonds is 8. The Morgan fingerprint density at radius 1 is 0.712 bits per heavy atom. The van der Waals surface area contributed by atoms with Crippen molar-refractivity contribution < 1.29 is 24.5 Å². The normalized spacial score (nSPS) is 21.8. The maximum atomic E-state index is 12.1. The van der Waals surface area contributed by atoms with E-state index in [4.69, 9.17) is 37.6 Å². The summed E-state index contributed by atoms with van der Waals surface area (Å²) in [5, 5.41) is 12.1. The minimum atomic E-state index is -1.92. The molecule has 52 heavy (non-hydrogen) atoms. The Labute approximate surface area is 326 Å². The van der Waals surface area contributed by atoms with Crippen LogP contribution in [0.3, 0.4) is 0 Å². The summed E-state index contributed by atoms with van der Waals surface area (Å²) >= 11 is -1.92. The molecule has 5 aromatic carbocycles. The zero-order chi connectivity index (χ0) is 36.5. The molecule has 0 unspecified atom stereocenters. The van der Waals surface area contributed by atoms with Crippen LogP contribution in [0.1, 0.15) is 74.6 Å². The maximum absolute atomic E-state index is 12.1. The Kier molecular flexibility index (Phi) is 11.3. The number of aliphatic imine (C=N–C) groups is 1. The van der Waals surface area contributed by atoms with Gasteiger partial charge < -0.3 is 9.84 Å². The molecular formula is C45H45Cl3NO2Ti. The number of hydrogen-bond donors (Lipinski definition) is 1. The van der Waals surface area contributed by atoms with E-state index in [1.165, 1.54) is 55.2 Å². The summed E-state index contributed by atoms with van der Waals surface area (Å²) in [6.07, 6.45) is 9.58. The quantitative estimate of drug-likeness (QED) is 0.126. The van der Waals surface area contributed by atoms with Gasteiger partial charge in [0.25, 0.3) is 0 Å². The van der Waals surface area contributed by atoms with Gasteiger partial charge in [-0.05, 0) is 114 Å². The second kappa shape index (κ2) is 15.7. The number of benzene rings is 5. The molecule has 4 aliphatic rings. The third kappa shape index (κ3) is 7.77. The van der Waals surface area contributed by atoms with Crippen molar-refractivity contribution in [1.29, 1.82) is 0 Å². The first-order chi connectivity index (χ1) is 25.1. The second-order valence-corrected chi connectivity index (χ2v) is 23.2. The first kappa shape index (κ1) is 37.3. The summed E-state index contributed by atoms with van der Waals surface area (Å²) in [4.78, 5) is 5.12. The summed E-state index contributed by atoms with van der Waals surface area (Å²) in [6, 6.07) is 40.4. The van der Waals surface area contributed by atoms with Crippen molar-refractivity contribution in [2.75, 3.05) is 7.11 Å². The van der Waals surface area contributed by atoms with Crippen LogP contribution in [0.2, 0.25) is 0 Å². The number of methoxy groups -OCH3 is 1. The van der Waals surface area contributed by atoms with Crippen LogP contribution in [-0.4, -0.2) is 18.4 Å². The second-order valence-electron chi connectivity index (χ2n) is 15.4. The Morgan fingerprint density at radius 3 is 1.90 bits per heavy atom. The molecule has 7 heteroatoms. The minimum absolute atomic E-state index is 0.0590. The topological polar surface area (TPSA) is 41.8 Å². The number of hydrogen-bond acceptors (Lipinski definition) is 3. The molecule has 0 aromatic heterocycles. The van der Waals surface area contributed by atoms with E-state index >= 15 is 0 Å². The van der Waals surface area contributed by atoms with E-state index in [1.54, 1.807) is 7.11 Å². The van der Waals surface area contributed by atoms with E-state index in [-0.39, 0.29) is 10.8 Å². The van der Waals surface area contributed by atoms with E-state index in [0.29, 0.717) is 5.75 Å². The number of phenolic OH excluding ortho intramolecular Hbond substituents is 1. The zero-order valence-corrected chi connectivity index (χ0v) is 33.8. The predicted octanol–water partition coefficient (Wildman–Crippen LogP) is 13.3. The summed E-state index contributed by atoms with van der Waals surface area (Å²) < 4.78 is 5.92. The van der Waals surface area contributed by atoms with Crippen molar-refractivity contribution in [3.05, 3.63) is 138 Å². The third-order valence-electron chi connectivity index (χ3n) is 11.8. The number of halogens is 3. The van der Waals surface area contributed by atoms with Crippen LogP contribution >= 0.6 is 27.9 Å². The van der Waals surface area contributed by atoms with Crippen LogP contribution < -0.4 is 4.74 Å². The van der Waals surface area contributed by atoms with E-state index in [9.17, 15) is 5.11 Å². The fourth-order valence-corrected chi connectivity index (χ4v) is 9.68. The summed E-state index contributed by atoms with van der Waals surface area (Å²) in [5.74, 6) is 3.58. The fraction of sp³-hybridized carbons (Fsp3) is 0.311. The fourth-order valence-electron chi connectivity index (χ4n) is 9.68. The Hall–Kier alpha value is -3.05. The van der Waals surface area contributed by atoms with Gasteiger partial charge in [0.15, 0.2) is 0 Å². The molecule has 4 fully saturated rings. The summed E-state index contributed by atoms with van der Waals surface area (Å²) in [5.41, 5.74) is 9.39. The van der Waals surface area contributed by atoms with Crippen LogP contribution in [0.4, 0.5) is 5.69 Å². The van der Waals surface area contributed by atoms with Crippen molar-refractivity contribution in [3.8, 4) is 33.8 Å². The summed E-state index contributed by atoms with van der Waals surface area (Å²) in [7, 11) is 16.6. The van der Waals surface area contributed by atoms with Crippen molar-refractivity contribution in [3.63, 3.8) is 0 Å². The van der Waals surface area contributed by atoms with Crippen molar-refractivity contribution in [2.24, 2.45) is 22.7 Å². The molecule has 3 nitrogen and oxygen atoms in total. The SMILES string of the molecule is COc1ccc(C(C)(C)c2ccccc2)cc1-c1ccccc1N=Cc1cc(-c2ccccc2)cc(C23CC4CC(CC(C4)C2)C3)c1O.[Cl][Ti]([Cl])[Cl]. The molecule has 0 radical (unpaired) electrons. The molecular weight excluding hydrogens is 741 g/mol. The van der Waals surface area contributed by atoms with Crippen LogP contribution in [0.15, 0.2) is 120 Å². The average molecular weight is 786 g/mol. The number of para-hydroxylation sites is 1. The van der Waals surface area contributed by atoms with Gasteiger partial charge in [0, 0.05) is 33.9 Å². The van der Waals surface area contributed by atoms with E-state index < -0.39 is 14.7 Å². The van der Waals surface area contributed by atoms with Gasteiger partial charge in [0.1, 0.15) is 11.5 Å². The molecule has 0 saturated heterocycles. The molecule has 4 bridgehead atoms. The standard InChI is InChI=1S/C45H45NO2.3ClH.Ti/c1-44(2,36-14-8-5-9-15-36)37-18-19-42(48-3)39(25-37)38-16-10-11-17-41(38)46-29-35-23-34(33-12-6-4-7-13-33)24-40(43(35)47)45-26-30-20-31(27-45)22-32(21-30)28-45;;;;/h4-19,23-25,29-32,47H,20-22,26-28H2,1-3H3;3*1H;/q;;;;+3/p-3. The molecule has 4 aliphatic carbocycles. The summed E-state index contributed by atoms with van der Waals surface area (Å²) in [6.45, 7) is 4.53.